The number of fused-ring (bicyclic) bond motifs is 1. The molecule has 3 aromatic rings. The summed E-state index contributed by atoms with van der Waals surface area (Å²) in [5, 5.41) is 4.24. The fourth-order valence-corrected chi connectivity index (χ4v) is 7.64. The van der Waals surface area contributed by atoms with Crippen LogP contribution in [0.15, 0.2) is 47.4 Å². The van der Waals surface area contributed by atoms with Gasteiger partial charge in [-0.05, 0) is 43.0 Å². The molecule has 0 radical (unpaired) electrons. The number of nitrogens with one attached hydrogen (secondary N) is 2. The number of halogens is 1. The van der Waals surface area contributed by atoms with E-state index in [4.69, 9.17) is 26.8 Å². The Morgan fingerprint density at radius 2 is 1.93 bits per heavy atom. The lowest BCUT2D eigenvalue weighted by molar-refractivity contribution is -0.0249. The third kappa shape index (κ3) is 6.81. The summed E-state index contributed by atoms with van der Waals surface area (Å²) in [6.45, 7) is 8.03. The number of nitrogens with two attached hydrogens (primary N) is 1. The maximum Gasteiger partial charge on any atom is 0.266 e. The van der Waals surface area contributed by atoms with Crippen LogP contribution < -0.4 is 15.8 Å². The van der Waals surface area contributed by atoms with Gasteiger partial charge in [0.05, 0.1) is 17.8 Å². The Morgan fingerprint density at radius 1 is 1.20 bits per heavy atom. The van der Waals surface area contributed by atoms with Gasteiger partial charge in [0.25, 0.3) is 5.91 Å². The molecule has 2 aromatic carbocycles. The van der Waals surface area contributed by atoms with Crippen molar-refractivity contribution in [2.45, 2.75) is 43.7 Å². The normalized spacial score (nSPS) is 19.6. The number of para-hydroxylation sites is 1. The molecule has 4 N–H and O–H groups in total. The number of piperidine rings is 1. The molecule has 2 fully saturated rings. The minimum atomic E-state index is -4.15. The molecule has 0 unspecified atom stereocenters. The fraction of sp³-hybridized carbons (Fsp3) is 0.483. The molecule has 0 saturated carbocycles. The van der Waals surface area contributed by atoms with Gasteiger partial charge in [-0.3, -0.25) is 4.79 Å². The minimum Gasteiger partial charge on any atom is -0.491 e. The van der Waals surface area contributed by atoms with Gasteiger partial charge < -0.3 is 30.4 Å². The Kier molecular flexibility index (Phi) is 9.10. The van der Waals surface area contributed by atoms with Crippen molar-refractivity contribution in [3.8, 4) is 5.75 Å². The van der Waals surface area contributed by atoms with Crippen LogP contribution in [0.1, 0.15) is 37.2 Å². The third-order valence-corrected chi connectivity index (χ3v) is 9.69. The first kappa shape index (κ1) is 29.7. The van der Waals surface area contributed by atoms with Gasteiger partial charge in [0, 0.05) is 49.2 Å². The Morgan fingerprint density at radius 3 is 2.61 bits per heavy atom. The summed E-state index contributed by atoms with van der Waals surface area (Å²) >= 11 is 6.52. The highest BCUT2D eigenvalue weighted by atomic mass is 35.5. The molecule has 222 valence electrons. The first-order valence-corrected chi connectivity index (χ1v) is 15.9. The molecule has 1 amide bonds. The highest BCUT2D eigenvalue weighted by Gasteiger charge is 2.37. The number of aromatic nitrogens is 1. The van der Waals surface area contributed by atoms with Gasteiger partial charge in [0.2, 0.25) is 10.0 Å². The van der Waals surface area contributed by atoms with Crippen LogP contribution >= 0.6 is 11.6 Å². The molecule has 0 bridgehead atoms. The predicted octanol–water partition coefficient (Wildman–Crippen LogP) is 3.92. The Bertz CT molecular complexity index is 1470. The van der Waals surface area contributed by atoms with E-state index >= 15 is 0 Å². The molecule has 1 atom stereocenters. The van der Waals surface area contributed by atoms with Crippen molar-refractivity contribution < 1.29 is 22.7 Å². The topological polar surface area (TPSA) is 130 Å². The average Bonchev–Trinajstić information content (AvgIpc) is 3.34. The highest BCUT2D eigenvalue weighted by molar-refractivity contribution is 7.89. The number of likely N-dealkylation sites (tertiary alicyclic amines) is 1. The second-order valence-corrected chi connectivity index (χ2v) is 13.5. The number of hydrogen-bond donors (Lipinski definition) is 3. The van der Waals surface area contributed by atoms with Gasteiger partial charge >= 0.3 is 0 Å². The highest BCUT2D eigenvalue weighted by Crippen LogP contribution is 2.37. The summed E-state index contributed by atoms with van der Waals surface area (Å²) in [5.41, 5.74) is 6.69. The zero-order valence-electron chi connectivity index (χ0n) is 23.4. The molecule has 5 rings (SSSR count). The maximum absolute atomic E-state index is 14.1. The van der Waals surface area contributed by atoms with Crippen molar-refractivity contribution in [2.24, 2.45) is 11.7 Å². The maximum atomic E-state index is 14.1. The van der Waals surface area contributed by atoms with E-state index in [2.05, 4.69) is 29.0 Å². The zero-order chi connectivity index (χ0) is 29.1. The molecule has 41 heavy (non-hydrogen) atoms. The first-order chi connectivity index (χ1) is 19.6. The van der Waals surface area contributed by atoms with E-state index in [1.165, 1.54) is 4.31 Å². The van der Waals surface area contributed by atoms with Crippen LogP contribution in [0.2, 0.25) is 5.02 Å². The lowest BCUT2D eigenvalue weighted by Crippen LogP contribution is -2.47. The molecule has 0 aliphatic carbocycles. The standard InChI is InChI=1S/C29H38ClN5O5S/c1-19(2)16-34-10-8-21(9-11-34)32-25-15-20(30)14-24-26(25)33-27(29(31)36)28(24)41(37,38)35-12-13-39-23(17-35)18-40-22-6-4-3-5-7-22/h3-7,14-15,19,21,23,32-33H,8-13,16-18H2,1-2H3,(H2,31,36)/t23-/m0/s1. The summed E-state index contributed by atoms with van der Waals surface area (Å²) in [4.78, 5) is 17.9. The van der Waals surface area contributed by atoms with Crippen molar-refractivity contribution in [1.82, 2.24) is 14.2 Å². The van der Waals surface area contributed by atoms with Gasteiger partial charge in [0.1, 0.15) is 29.0 Å². The number of ether oxygens (including phenoxy) is 2. The second-order valence-electron chi connectivity index (χ2n) is 11.2. The Hall–Kier alpha value is -2.83. The minimum absolute atomic E-state index is 0.0701. The van der Waals surface area contributed by atoms with Crippen molar-refractivity contribution >= 4 is 44.1 Å². The van der Waals surface area contributed by atoms with Crippen molar-refractivity contribution in [1.29, 1.82) is 0 Å². The number of H-pyrrole nitrogens is 1. The van der Waals surface area contributed by atoms with E-state index in [-0.39, 0.29) is 42.9 Å². The summed E-state index contributed by atoms with van der Waals surface area (Å²) in [7, 11) is -4.15. The number of carbonyl (C=O) groups is 1. The second kappa shape index (κ2) is 12.6. The van der Waals surface area contributed by atoms with Gasteiger partial charge in [-0.1, -0.05) is 43.6 Å². The summed E-state index contributed by atoms with van der Waals surface area (Å²) < 4.78 is 41.1. The Labute approximate surface area is 246 Å². The van der Waals surface area contributed by atoms with E-state index in [1.807, 2.05) is 30.3 Å². The molecular formula is C29H38ClN5O5S. The number of aromatic amines is 1. The summed E-state index contributed by atoms with van der Waals surface area (Å²) in [6.07, 6.45) is 1.40. The molecule has 1 aromatic heterocycles. The number of carbonyl (C=O) groups excluding carboxylic acids is 1. The number of rotatable bonds is 10. The Balaban J connectivity index is 1.40. The van der Waals surface area contributed by atoms with Crippen molar-refractivity contribution in [3.05, 3.63) is 53.2 Å². The molecular weight excluding hydrogens is 566 g/mol. The van der Waals surface area contributed by atoms with Crippen LogP contribution in [0.3, 0.4) is 0 Å². The molecule has 0 spiro atoms. The van der Waals surface area contributed by atoms with Gasteiger partial charge in [-0.2, -0.15) is 4.31 Å². The first-order valence-electron chi connectivity index (χ1n) is 14.1. The molecule has 10 nitrogen and oxygen atoms in total. The molecule has 2 aliphatic heterocycles. The molecule has 2 saturated heterocycles. The van der Waals surface area contributed by atoms with E-state index in [9.17, 15) is 13.2 Å². The summed E-state index contributed by atoms with van der Waals surface area (Å²) in [5.74, 6) is 0.418. The molecule has 12 heteroatoms. The number of sulfonamides is 1. The summed E-state index contributed by atoms with van der Waals surface area (Å²) in [6, 6.07) is 12.8. The number of anilines is 1. The van der Waals surface area contributed by atoms with Crippen molar-refractivity contribution in [3.63, 3.8) is 0 Å². The largest absolute Gasteiger partial charge is 0.491 e. The van der Waals surface area contributed by atoms with Gasteiger partial charge in [-0.25, -0.2) is 8.42 Å². The van der Waals surface area contributed by atoms with Gasteiger partial charge in [-0.15, -0.1) is 0 Å². The monoisotopic (exact) mass is 603 g/mol. The smallest absolute Gasteiger partial charge is 0.266 e. The molecule has 2 aliphatic rings. The number of amides is 1. The van der Waals surface area contributed by atoms with Crippen LogP contribution in [0, 0.1) is 5.92 Å². The third-order valence-electron chi connectivity index (χ3n) is 7.52. The van der Waals surface area contributed by atoms with E-state index in [0.29, 0.717) is 33.3 Å². The van der Waals surface area contributed by atoms with Crippen LogP contribution in [-0.4, -0.2) is 86.6 Å². The van der Waals surface area contributed by atoms with Gasteiger partial charge in [0.15, 0.2) is 0 Å². The number of benzene rings is 2. The predicted molar refractivity (Wildman–Crippen MR) is 160 cm³/mol. The van der Waals surface area contributed by atoms with Crippen LogP contribution in [0.4, 0.5) is 5.69 Å². The molecule has 3 heterocycles. The number of primary amides is 1. The number of nitrogens with zero attached hydrogens (tertiary/aromatic N) is 2. The van der Waals surface area contributed by atoms with E-state index in [1.54, 1.807) is 12.1 Å². The number of morpholine rings is 1. The van der Waals surface area contributed by atoms with E-state index < -0.39 is 22.0 Å². The SMILES string of the molecule is CC(C)CN1CCC(Nc2cc(Cl)cc3c(S(=O)(=O)N4CCO[C@H](COc5ccccc5)C4)c(C(N)=O)[nH]c23)CC1. The lowest BCUT2D eigenvalue weighted by Gasteiger charge is -2.34. The van der Waals surface area contributed by atoms with Crippen LogP contribution in [-0.2, 0) is 14.8 Å². The van der Waals surface area contributed by atoms with Crippen molar-refractivity contribution in [2.75, 3.05) is 51.3 Å². The van der Waals surface area contributed by atoms with Crippen LogP contribution in [0.5, 0.6) is 5.75 Å². The zero-order valence-corrected chi connectivity index (χ0v) is 25.0. The average molecular weight is 604 g/mol. The fourth-order valence-electron chi connectivity index (χ4n) is 5.63. The van der Waals surface area contributed by atoms with E-state index in [0.717, 1.165) is 32.5 Å². The number of hydrogen-bond acceptors (Lipinski definition) is 7. The quantitative estimate of drug-likeness (QED) is 0.320. The van der Waals surface area contributed by atoms with Crippen LogP contribution in [0.25, 0.3) is 10.9 Å². The lowest BCUT2D eigenvalue weighted by atomic mass is 10.0.